The molecule has 6 heteroatoms. The molecule has 0 aliphatic heterocycles. The highest BCUT2D eigenvalue weighted by molar-refractivity contribution is 6.15. The van der Waals surface area contributed by atoms with E-state index in [0.717, 1.165) is 60.9 Å². The fraction of sp³-hybridized carbons (Fsp3) is 0. The molecule has 0 N–H and O–H groups in total. The Morgan fingerprint density at radius 2 is 0.412 bits per heavy atom. The Labute approximate surface area is 585 Å². The van der Waals surface area contributed by atoms with E-state index in [1.54, 1.807) is 0 Å². The van der Waals surface area contributed by atoms with Gasteiger partial charge in [0.2, 0.25) is 0 Å². The Hall–Kier alpha value is -13.7. The summed E-state index contributed by atoms with van der Waals surface area (Å²) in [5, 5.41) is 14.5. The van der Waals surface area contributed by atoms with Crippen molar-refractivity contribution in [3.05, 3.63) is 364 Å². The number of para-hydroxylation sites is 7. The quantitative estimate of drug-likeness (QED) is 0.152. The first-order chi connectivity index (χ1) is 50.6. The van der Waals surface area contributed by atoms with Crippen LogP contribution in [0.2, 0.25) is 0 Å². The van der Waals surface area contributed by atoms with Crippen molar-refractivity contribution in [2.75, 3.05) is 0 Å². The number of nitrogens with zero attached hydrogens (tertiary/aromatic N) is 4. The summed E-state index contributed by atoms with van der Waals surface area (Å²) >= 11 is 0. The van der Waals surface area contributed by atoms with Gasteiger partial charge in [-0.3, -0.25) is 0 Å². The van der Waals surface area contributed by atoms with Crippen molar-refractivity contribution in [2.45, 2.75) is 0 Å². The molecule has 476 valence electrons. The van der Waals surface area contributed by atoms with E-state index in [1.165, 1.54) is 137 Å². The normalized spacial score (nSPS) is 11.9. The van der Waals surface area contributed by atoms with Crippen LogP contribution in [0.5, 0.6) is 0 Å². The molecule has 22 rings (SSSR count). The minimum absolute atomic E-state index is 0.902. The molecule has 0 aliphatic rings. The lowest BCUT2D eigenvalue weighted by Crippen LogP contribution is -1.94. The second-order valence-electron chi connectivity index (χ2n) is 26.7. The van der Waals surface area contributed by atoms with E-state index >= 15 is 0 Å². The molecule has 6 heterocycles. The Kier molecular flexibility index (Phi) is 12.9. The van der Waals surface area contributed by atoms with Gasteiger partial charge in [0.15, 0.2) is 0 Å². The number of hydrogen-bond donors (Lipinski definition) is 0. The third-order valence-corrected chi connectivity index (χ3v) is 21.0. The standard InChI is InChI=1S/C54H32N2O2.C42H28N2/c1-5-16-47-39(12-1)43-29-35(20-24-49(43)55(47)37-22-26-53-45(31-37)41-14-3-7-18-51(41)57-53)33-10-9-11-34(28-33)36-21-25-50-44(30-36)40-13-2-6-17-48(40)56(50)38-23-27-54-46(32-38)42-15-4-8-19-52(42)58-54;1-3-12-29(13-4-1)31-22-24-42-37(27-31)36-19-8-10-21-40(36)44(42)34-17-11-14-30(26-34)32-23-25-41-38(28-32)35-18-7-9-20-39(35)43(41)33-15-5-2-6-16-33/h1-32H;1-28H. The molecule has 0 saturated heterocycles. The fourth-order valence-corrected chi connectivity index (χ4v) is 16.3. The highest BCUT2D eigenvalue weighted by atomic mass is 16.3. The van der Waals surface area contributed by atoms with Gasteiger partial charge in [0, 0.05) is 87.4 Å². The lowest BCUT2D eigenvalue weighted by Gasteiger charge is -2.11. The molecule has 0 saturated carbocycles. The summed E-state index contributed by atoms with van der Waals surface area (Å²) in [6.07, 6.45) is 0. The van der Waals surface area contributed by atoms with Crippen molar-refractivity contribution in [1.82, 2.24) is 18.3 Å². The zero-order valence-electron chi connectivity index (χ0n) is 55.2. The third-order valence-electron chi connectivity index (χ3n) is 21.0. The molecule has 0 amide bonds. The van der Waals surface area contributed by atoms with Gasteiger partial charge in [-0.05, 0) is 196 Å². The second-order valence-corrected chi connectivity index (χ2v) is 26.7. The zero-order chi connectivity index (χ0) is 66.9. The van der Waals surface area contributed by atoms with Crippen LogP contribution in [0, 0.1) is 0 Å². The molecule has 0 bridgehead atoms. The fourth-order valence-electron chi connectivity index (χ4n) is 16.3. The lowest BCUT2D eigenvalue weighted by molar-refractivity contribution is 0.668. The van der Waals surface area contributed by atoms with Crippen molar-refractivity contribution in [1.29, 1.82) is 0 Å². The van der Waals surface area contributed by atoms with Gasteiger partial charge in [-0.1, -0.05) is 212 Å². The smallest absolute Gasteiger partial charge is 0.135 e. The summed E-state index contributed by atoms with van der Waals surface area (Å²) in [6, 6.07) is 131. The minimum Gasteiger partial charge on any atom is -0.456 e. The molecule has 6 nitrogen and oxygen atoms in total. The average molecular weight is 1300 g/mol. The number of rotatable bonds is 8. The molecule has 0 fully saturated rings. The van der Waals surface area contributed by atoms with Crippen LogP contribution in [0.4, 0.5) is 0 Å². The van der Waals surface area contributed by atoms with Crippen molar-refractivity contribution >= 4 is 131 Å². The molecule has 0 unspecified atom stereocenters. The number of hydrogen-bond acceptors (Lipinski definition) is 2. The van der Waals surface area contributed by atoms with E-state index < -0.39 is 0 Å². The van der Waals surface area contributed by atoms with Gasteiger partial charge in [-0.15, -0.1) is 0 Å². The average Bonchev–Trinajstić information content (AvgIpc) is 1.60. The molecular weight excluding hydrogens is 1240 g/mol. The molecule has 0 atom stereocenters. The predicted octanol–water partition coefficient (Wildman–Crippen LogP) is 26.2. The van der Waals surface area contributed by atoms with Crippen molar-refractivity contribution in [2.24, 2.45) is 0 Å². The van der Waals surface area contributed by atoms with Crippen LogP contribution in [0.15, 0.2) is 373 Å². The Morgan fingerprint density at radius 1 is 0.137 bits per heavy atom. The Balaban J connectivity index is 0.000000138. The first kappa shape index (κ1) is 57.4. The van der Waals surface area contributed by atoms with Crippen LogP contribution in [0.1, 0.15) is 0 Å². The van der Waals surface area contributed by atoms with E-state index in [0.29, 0.717) is 0 Å². The zero-order valence-corrected chi connectivity index (χ0v) is 55.2. The van der Waals surface area contributed by atoms with Crippen LogP contribution in [0.3, 0.4) is 0 Å². The largest absolute Gasteiger partial charge is 0.456 e. The van der Waals surface area contributed by atoms with E-state index in [-0.39, 0.29) is 0 Å². The van der Waals surface area contributed by atoms with Gasteiger partial charge in [-0.2, -0.15) is 0 Å². The van der Waals surface area contributed by atoms with Gasteiger partial charge in [0.05, 0.1) is 44.1 Å². The van der Waals surface area contributed by atoms with Crippen LogP contribution < -0.4 is 0 Å². The molecular formula is C96H60N4O2. The molecule has 0 spiro atoms. The van der Waals surface area contributed by atoms with Crippen LogP contribution in [-0.2, 0) is 0 Å². The van der Waals surface area contributed by atoms with Gasteiger partial charge >= 0.3 is 0 Å². The maximum Gasteiger partial charge on any atom is 0.135 e. The summed E-state index contributed by atoms with van der Waals surface area (Å²) in [7, 11) is 0. The SMILES string of the molecule is c1cc(-c2ccc3c(c2)c2ccccc2n3-c2ccc3oc4ccccc4c3c2)cc(-c2ccc3c(c2)c2ccccc2n3-c2ccc3oc4ccccc4c3c2)c1.c1ccc(-c2ccc3c(c2)c2ccccc2n3-c2cccc(-c3ccc4c(c3)c3ccccc3n4-c3ccccc3)c2)cc1. The van der Waals surface area contributed by atoms with Crippen molar-refractivity contribution in [3.63, 3.8) is 0 Å². The van der Waals surface area contributed by atoms with E-state index in [9.17, 15) is 0 Å². The predicted molar refractivity (Wildman–Crippen MR) is 427 cm³/mol. The Bertz CT molecular complexity index is 6890. The number of benzene rings is 16. The van der Waals surface area contributed by atoms with Crippen molar-refractivity contribution < 1.29 is 8.83 Å². The van der Waals surface area contributed by atoms with Gasteiger partial charge in [0.25, 0.3) is 0 Å². The summed E-state index contributed by atoms with van der Waals surface area (Å²) in [5.74, 6) is 0. The maximum absolute atomic E-state index is 6.17. The van der Waals surface area contributed by atoms with Crippen molar-refractivity contribution in [3.8, 4) is 67.3 Å². The first-order valence-electron chi connectivity index (χ1n) is 34.9. The maximum atomic E-state index is 6.17. The molecule has 102 heavy (non-hydrogen) atoms. The van der Waals surface area contributed by atoms with Crippen LogP contribution in [-0.4, -0.2) is 18.3 Å². The molecule has 0 radical (unpaired) electrons. The van der Waals surface area contributed by atoms with Gasteiger partial charge < -0.3 is 27.1 Å². The van der Waals surface area contributed by atoms with Gasteiger partial charge in [-0.25, -0.2) is 0 Å². The summed E-state index contributed by atoms with van der Waals surface area (Å²) < 4.78 is 21.9. The molecule has 22 aromatic rings. The van der Waals surface area contributed by atoms with E-state index in [4.69, 9.17) is 8.83 Å². The summed E-state index contributed by atoms with van der Waals surface area (Å²) in [4.78, 5) is 0. The highest BCUT2D eigenvalue weighted by Gasteiger charge is 2.21. The minimum atomic E-state index is 0.902. The number of fused-ring (bicyclic) bond motifs is 18. The van der Waals surface area contributed by atoms with Crippen LogP contribution in [0.25, 0.3) is 198 Å². The first-order valence-corrected chi connectivity index (χ1v) is 34.9. The number of furan rings is 2. The number of aromatic nitrogens is 4. The lowest BCUT2D eigenvalue weighted by atomic mass is 9.97. The summed E-state index contributed by atoms with van der Waals surface area (Å²) in [5.41, 5.74) is 27.4. The molecule has 6 aromatic heterocycles. The molecule has 16 aromatic carbocycles. The third kappa shape index (κ3) is 9.13. The second kappa shape index (κ2) is 23.0. The highest BCUT2D eigenvalue weighted by Crippen LogP contribution is 2.43. The summed E-state index contributed by atoms with van der Waals surface area (Å²) in [6.45, 7) is 0. The monoisotopic (exact) mass is 1300 g/mol. The topological polar surface area (TPSA) is 46.0 Å². The Morgan fingerprint density at radius 3 is 0.833 bits per heavy atom. The van der Waals surface area contributed by atoms with Gasteiger partial charge in [0.1, 0.15) is 22.3 Å². The van der Waals surface area contributed by atoms with Crippen LogP contribution >= 0.6 is 0 Å². The van der Waals surface area contributed by atoms with E-state index in [2.05, 4.69) is 358 Å². The molecule has 0 aliphatic carbocycles. The van der Waals surface area contributed by atoms with E-state index in [1.807, 2.05) is 24.3 Å².